The molecule has 0 spiro atoms. The van der Waals surface area contributed by atoms with Crippen molar-refractivity contribution in [2.24, 2.45) is 0 Å². The topological polar surface area (TPSA) is 69.9 Å². The van der Waals surface area contributed by atoms with Gasteiger partial charge in [0.1, 0.15) is 11.6 Å². The first-order chi connectivity index (χ1) is 6.61. The van der Waals surface area contributed by atoms with Gasteiger partial charge in [-0.1, -0.05) is 27.2 Å². The predicted octanol–water partition coefficient (Wildman–Crippen LogP) is 1.65. The van der Waals surface area contributed by atoms with Crippen molar-refractivity contribution in [2.45, 2.75) is 46.0 Å². The lowest BCUT2D eigenvalue weighted by Gasteiger charge is -2.07. The summed E-state index contributed by atoms with van der Waals surface area (Å²) in [5.41, 5.74) is 6.84. The van der Waals surface area contributed by atoms with Gasteiger partial charge in [-0.3, -0.25) is 0 Å². The van der Waals surface area contributed by atoms with E-state index in [0.29, 0.717) is 11.7 Å². The van der Waals surface area contributed by atoms with Gasteiger partial charge in [0.15, 0.2) is 0 Å². The molecule has 1 unspecified atom stereocenters. The van der Waals surface area contributed by atoms with Crippen molar-refractivity contribution in [3.05, 3.63) is 11.5 Å². The number of rotatable bonds is 4. The van der Waals surface area contributed by atoms with E-state index in [1.54, 1.807) is 0 Å². The Morgan fingerprint density at radius 1 is 1.43 bits per heavy atom. The maximum absolute atomic E-state index is 5.89. The summed E-state index contributed by atoms with van der Waals surface area (Å²) in [6, 6.07) is 0. The van der Waals surface area contributed by atoms with E-state index in [1.807, 2.05) is 6.92 Å². The third-order valence-electron chi connectivity index (χ3n) is 2.55. The van der Waals surface area contributed by atoms with Gasteiger partial charge in [-0.25, -0.2) is 9.66 Å². The van der Waals surface area contributed by atoms with Gasteiger partial charge in [-0.2, -0.15) is 0 Å². The lowest BCUT2D eigenvalue weighted by atomic mass is 10.0. The summed E-state index contributed by atoms with van der Waals surface area (Å²) in [6.45, 7) is 6.33. The maximum Gasteiger partial charge on any atom is 0.146 e. The number of nitrogens with zero attached hydrogens (tertiary/aromatic N) is 2. The van der Waals surface area contributed by atoms with Crippen molar-refractivity contribution in [3.63, 3.8) is 0 Å². The normalized spacial score (nSPS) is 13.1. The largest absolute Gasteiger partial charge is 0.382 e. The van der Waals surface area contributed by atoms with Gasteiger partial charge in [0.05, 0.1) is 5.69 Å². The third kappa shape index (κ3) is 1.84. The van der Waals surface area contributed by atoms with Gasteiger partial charge in [0.25, 0.3) is 0 Å². The molecule has 0 radical (unpaired) electrons. The van der Waals surface area contributed by atoms with Crippen molar-refractivity contribution in [1.82, 2.24) is 9.66 Å². The van der Waals surface area contributed by atoms with E-state index in [-0.39, 0.29) is 0 Å². The van der Waals surface area contributed by atoms with Crippen LogP contribution in [0.2, 0.25) is 0 Å². The van der Waals surface area contributed by atoms with E-state index in [0.717, 1.165) is 30.8 Å². The monoisotopic (exact) mass is 196 g/mol. The van der Waals surface area contributed by atoms with Crippen LogP contribution in [0.3, 0.4) is 0 Å². The molecule has 1 rings (SSSR count). The average molecular weight is 196 g/mol. The molecule has 14 heavy (non-hydrogen) atoms. The summed E-state index contributed by atoms with van der Waals surface area (Å²) < 4.78 is 1.50. The number of aromatic nitrogens is 2. The third-order valence-corrected chi connectivity index (χ3v) is 2.55. The van der Waals surface area contributed by atoms with Crippen LogP contribution in [0.5, 0.6) is 0 Å². The van der Waals surface area contributed by atoms with E-state index in [4.69, 9.17) is 11.6 Å². The molecule has 0 aromatic carbocycles. The zero-order chi connectivity index (χ0) is 10.7. The molecule has 0 aliphatic carbocycles. The molecule has 0 fully saturated rings. The highest BCUT2D eigenvalue weighted by atomic mass is 15.4. The first-order valence-electron chi connectivity index (χ1n) is 5.23. The highest BCUT2D eigenvalue weighted by molar-refractivity contribution is 5.40. The van der Waals surface area contributed by atoms with Crippen LogP contribution >= 0.6 is 0 Å². The Balaban J connectivity index is 2.97. The first-order valence-corrected chi connectivity index (χ1v) is 5.23. The summed E-state index contributed by atoms with van der Waals surface area (Å²) >= 11 is 0. The number of nitrogen functional groups attached to an aromatic ring is 2. The molecule has 0 bridgehead atoms. The molecule has 1 heterocycles. The Morgan fingerprint density at radius 3 is 2.50 bits per heavy atom. The van der Waals surface area contributed by atoms with Crippen molar-refractivity contribution < 1.29 is 0 Å². The second-order valence-corrected chi connectivity index (χ2v) is 3.71. The molecule has 1 aromatic rings. The van der Waals surface area contributed by atoms with Gasteiger partial charge in [-0.05, 0) is 6.42 Å². The van der Waals surface area contributed by atoms with E-state index >= 15 is 0 Å². The number of aryl methyl sites for hydroxylation is 1. The molecule has 4 nitrogen and oxygen atoms in total. The molecule has 0 amide bonds. The highest BCUT2D eigenvalue weighted by Gasteiger charge is 2.16. The molecule has 0 aliphatic rings. The van der Waals surface area contributed by atoms with E-state index in [9.17, 15) is 0 Å². The molecular formula is C10H20N4. The fraction of sp³-hybridized carbons (Fsp3) is 0.700. The molecule has 0 saturated heterocycles. The summed E-state index contributed by atoms with van der Waals surface area (Å²) in [6.07, 6.45) is 3.06. The average Bonchev–Trinajstić information content (AvgIpc) is 2.44. The fourth-order valence-corrected chi connectivity index (χ4v) is 1.69. The zero-order valence-electron chi connectivity index (χ0n) is 9.25. The molecule has 4 N–H and O–H groups in total. The molecule has 4 heteroatoms. The standard InChI is InChI=1S/C10H20N4/c1-4-6-7(3)9-10(11)14(12)8(5-2)13-9/h7H,4-6,11-12H2,1-3H3. The second-order valence-electron chi connectivity index (χ2n) is 3.71. The van der Waals surface area contributed by atoms with Crippen LogP contribution in [0.25, 0.3) is 0 Å². The van der Waals surface area contributed by atoms with Crippen LogP contribution in [-0.4, -0.2) is 9.66 Å². The summed E-state index contributed by atoms with van der Waals surface area (Å²) in [7, 11) is 0. The lowest BCUT2D eigenvalue weighted by Crippen LogP contribution is -2.15. The molecule has 1 aromatic heterocycles. The number of anilines is 1. The van der Waals surface area contributed by atoms with E-state index < -0.39 is 0 Å². The number of nitrogens with two attached hydrogens (primary N) is 2. The predicted molar refractivity (Wildman–Crippen MR) is 59.5 cm³/mol. The van der Waals surface area contributed by atoms with Gasteiger partial charge in [0, 0.05) is 12.3 Å². The minimum absolute atomic E-state index is 0.398. The Kier molecular flexibility index (Phi) is 3.38. The highest BCUT2D eigenvalue weighted by Crippen LogP contribution is 2.25. The molecule has 0 aliphatic heterocycles. The molecule has 1 atom stereocenters. The van der Waals surface area contributed by atoms with Crippen LogP contribution in [0, 0.1) is 0 Å². The SMILES string of the molecule is CCCC(C)c1nc(CC)n(N)c1N. The minimum Gasteiger partial charge on any atom is -0.382 e. The van der Waals surface area contributed by atoms with Crippen molar-refractivity contribution in [3.8, 4) is 0 Å². The smallest absolute Gasteiger partial charge is 0.146 e. The maximum atomic E-state index is 5.89. The molecule has 0 saturated carbocycles. The second kappa shape index (κ2) is 4.35. The van der Waals surface area contributed by atoms with Crippen molar-refractivity contribution >= 4 is 5.82 Å². The Morgan fingerprint density at radius 2 is 2.07 bits per heavy atom. The van der Waals surface area contributed by atoms with Crippen molar-refractivity contribution in [2.75, 3.05) is 11.6 Å². The van der Waals surface area contributed by atoms with Crippen LogP contribution < -0.4 is 11.6 Å². The lowest BCUT2D eigenvalue weighted by molar-refractivity contribution is 0.650. The number of hydrogen-bond acceptors (Lipinski definition) is 3. The van der Waals surface area contributed by atoms with Crippen LogP contribution in [-0.2, 0) is 6.42 Å². The van der Waals surface area contributed by atoms with Crippen LogP contribution in [0.1, 0.15) is 51.0 Å². The Labute approximate surface area is 85.3 Å². The van der Waals surface area contributed by atoms with Crippen molar-refractivity contribution in [1.29, 1.82) is 0 Å². The molecule has 80 valence electrons. The van der Waals surface area contributed by atoms with Gasteiger partial charge >= 0.3 is 0 Å². The Bertz CT molecular complexity index is 303. The summed E-state index contributed by atoms with van der Waals surface area (Å²) in [4.78, 5) is 4.46. The minimum atomic E-state index is 0.398. The summed E-state index contributed by atoms with van der Waals surface area (Å²) in [5.74, 6) is 7.65. The zero-order valence-corrected chi connectivity index (χ0v) is 9.25. The quantitative estimate of drug-likeness (QED) is 0.719. The van der Waals surface area contributed by atoms with Gasteiger partial charge in [-0.15, -0.1) is 0 Å². The Hall–Kier alpha value is -1.19. The van der Waals surface area contributed by atoms with Crippen LogP contribution in [0.4, 0.5) is 5.82 Å². The summed E-state index contributed by atoms with van der Waals surface area (Å²) in [5, 5.41) is 0. The first kappa shape index (κ1) is 10.9. The van der Waals surface area contributed by atoms with E-state index in [1.165, 1.54) is 4.68 Å². The van der Waals surface area contributed by atoms with Gasteiger partial charge in [0.2, 0.25) is 0 Å². The fourth-order valence-electron chi connectivity index (χ4n) is 1.69. The number of hydrogen-bond donors (Lipinski definition) is 2. The van der Waals surface area contributed by atoms with Gasteiger partial charge < -0.3 is 11.6 Å². The number of imidazole rings is 1. The van der Waals surface area contributed by atoms with Crippen LogP contribution in [0.15, 0.2) is 0 Å². The molecular weight excluding hydrogens is 176 g/mol. The van der Waals surface area contributed by atoms with E-state index in [2.05, 4.69) is 18.8 Å².